The quantitative estimate of drug-likeness (QED) is 0.179. The molecule has 0 spiro atoms. The number of thiophene rings is 1. The Bertz CT molecular complexity index is 1920. The molecule has 12 heteroatoms. The van der Waals surface area contributed by atoms with E-state index < -0.39 is 17.8 Å². The van der Waals surface area contributed by atoms with Crippen molar-refractivity contribution in [1.82, 2.24) is 15.2 Å². The lowest BCUT2D eigenvalue weighted by atomic mass is 10.0. The summed E-state index contributed by atoms with van der Waals surface area (Å²) < 4.78 is 21.2. The molecule has 1 saturated carbocycles. The van der Waals surface area contributed by atoms with Crippen LogP contribution in [0, 0.1) is 23.1 Å². The molecule has 2 aromatic carbocycles. The first kappa shape index (κ1) is 28.5. The first-order valence-corrected chi connectivity index (χ1v) is 15.5. The summed E-state index contributed by atoms with van der Waals surface area (Å²) in [4.78, 5) is 48.1. The number of likely N-dealkylation sites (tertiary alicyclic amines) is 1. The largest absolute Gasteiger partial charge is 0.457 e. The maximum absolute atomic E-state index is 15.5. The zero-order chi connectivity index (χ0) is 31.1. The Morgan fingerprint density at radius 3 is 2.69 bits per heavy atom. The van der Waals surface area contributed by atoms with Gasteiger partial charge < -0.3 is 20.3 Å². The van der Waals surface area contributed by atoms with Crippen molar-refractivity contribution in [1.29, 1.82) is 5.26 Å². The highest BCUT2D eigenvalue weighted by Crippen LogP contribution is 2.46. The molecule has 7 rings (SSSR count). The van der Waals surface area contributed by atoms with Crippen LogP contribution in [0.25, 0.3) is 10.2 Å². The topological polar surface area (TPSA) is 128 Å². The maximum Gasteiger partial charge on any atom is 0.331 e. The van der Waals surface area contributed by atoms with Crippen LogP contribution in [-0.2, 0) is 4.79 Å². The molecule has 4 aromatic rings. The van der Waals surface area contributed by atoms with Crippen molar-refractivity contribution in [3.05, 3.63) is 83.1 Å². The second kappa shape index (κ2) is 11.7. The average Bonchev–Trinajstić information content (AvgIpc) is 3.80. The van der Waals surface area contributed by atoms with Gasteiger partial charge in [0.15, 0.2) is 5.82 Å². The predicted molar refractivity (Wildman–Crippen MR) is 167 cm³/mol. The van der Waals surface area contributed by atoms with Gasteiger partial charge in [-0.1, -0.05) is 24.3 Å². The second-order valence-corrected chi connectivity index (χ2v) is 12.2. The second-order valence-electron chi connectivity index (χ2n) is 11.2. The Morgan fingerprint density at radius 1 is 1.11 bits per heavy atom. The highest BCUT2D eigenvalue weighted by molar-refractivity contribution is 7.21. The number of hydrogen-bond donors (Lipinski definition) is 2. The smallest absolute Gasteiger partial charge is 0.331 e. The summed E-state index contributed by atoms with van der Waals surface area (Å²) in [6.45, 7) is 0.791. The number of para-hydroxylation sites is 1. The summed E-state index contributed by atoms with van der Waals surface area (Å²) in [5.41, 5.74) is 0.872. The first-order valence-electron chi connectivity index (χ1n) is 14.7. The molecule has 2 fully saturated rings. The molecule has 1 unspecified atom stereocenters. The summed E-state index contributed by atoms with van der Waals surface area (Å²) in [5, 5.41) is 15.8. The summed E-state index contributed by atoms with van der Waals surface area (Å²) in [5.74, 6) is -0.260. The third-order valence-corrected chi connectivity index (χ3v) is 9.11. The minimum absolute atomic E-state index is 0.0164. The number of ether oxygens (including phenoxy) is 1. The Morgan fingerprint density at radius 2 is 1.93 bits per heavy atom. The Labute approximate surface area is 261 Å². The number of aromatic nitrogens is 1. The van der Waals surface area contributed by atoms with Crippen LogP contribution in [0.4, 0.5) is 26.2 Å². The number of anilines is 3. The number of nitriles is 1. The highest BCUT2D eigenvalue weighted by Gasteiger charge is 2.35. The average molecular weight is 623 g/mol. The molecular formula is C33H27FN6O4S. The monoisotopic (exact) mass is 622 g/mol. The first-order chi connectivity index (χ1) is 21.9. The predicted octanol–water partition coefficient (Wildman–Crippen LogP) is 6.49. The van der Waals surface area contributed by atoms with Gasteiger partial charge >= 0.3 is 6.03 Å². The van der Waals surface area contributed by atoms with Gasteiger partial charge in [-0.3, -0.25) is 14.5 Å². The van der Waals surface area contributed by atoms with Gasteiger partial charge in [0.1, 0.15) is 32.8 Å². The van der Waals surface area contributed by atoms with Gasteiger partial charge in [-0.05, 0) is 61.9 Å². The lowest BCUT2D eigenvalue weighted by Crippen LogP contribution is -2.50. The summed E-state index contributed by atoms with van der Waals surface area (Å²) in [6, 6.07) is 15.9. The summed E-state index contributed by atoms with van der Waals surface area (Å²) in [7, 11) is 0. The van der Waals surface area contributed by atoms with Gasteiger partial charge in [0.05, 0.1) is 22.4 Å². The van der Waals surface area contributed by atoms with Crippen molar-refractivity contribution >= 4 is 56.5 Å². The van der Waals surface area contributed by atoms with Crippen LogP contribution in [0.2, 0.25) is 0 Å². The van der Waals surface area contributed by atoms with Crippen molar-refractivity contribution < 1.29 is 23.5 Å². The molecule has 1 atom stereocenters. The van der Waals surface area contributed by atoms with Gasteiger partial charge in [-0.25, -0.2) is 14.2 Å². The number of amides is 4. The number of halogens is 1. The fraction of sp³-hybridized carbons (Fsp3) is 0.242. The normalized spacial score (nSPS) is 17.9. The van der Waals surface area contributed by atoms with Gasteiger partial charge in [0.2, 0.25) is 0 Å². The molecule has 226 valence electrons. The Kier molecular flexibility index (Phi) is 7.39. The van der Waals surface area contributed by atoms with E-state index in [-0.39, 0.29) is 40.4 Å². The van der Waals surface area contributed by atoms with Crippen molar-refractivity contribution in [2.45, 2.75) is 31.7 Å². The number of nitrogens with zero attached hydrogens (tertiary/aromatic N) is 4. The van der Waals surface area contributed by atoms with Crippen LogP contribution in [0.1, 0.15) is 35.4 Å². The Hall–Kier alpha value is -5.28. The summed E-state index contributed by atoms with van der Waals surface area (Å²) >= 11 is 1.12. The van der Waals surface area contributed by atoms with Crippen LogP contribution in [0.15, 0.2) is 72.4 Å². The van der Waals surface area contributed by atoms with Gasteiger partial charge in [-0.2, -0.15) is 5.26 Å². The number of nitrogens with one attached hydrogen (secondary N) is 2. The molecule has 45 heavy (non-hydrogen) atoms. The molecule has 1 aliphatic carbocycles. The molecule has 3 aliphatic rings. The number of carbonyl (C=O) groups is 3. The molecule has 2 N–H and O–H groups in total. The van der Waals surface area contributed by atoms with E-state index in [1.54, 1.807) is 35.2 Å². The van der Waals surface area contributed by atoms with Crippen molar-refractivity contribution in [3.8, 4) is 17.6 Å². The number of allylic oxidation sites excluding steroid dienone is 1. The van der Waals surface area contributed by atoms with E-state index in [4.69, 9.17) is 4.74 Å². The van der Waals surface area contributed by atoms with Gasteiger partial charge in [0, 0.05) is 31.4 Å². The van der Waals surface area contributed by atoms with Crippen LogP contribution >= 0.6 is 11.3 Å². The number of hydrogen-bond acceptors (Lipinski definition) is 7. The van der Waals surface area contributed by atoms with E-state index >= 15 is 4.39 Å². The molecule has 2 aromatic heterocycles. The zero-order valence-corrected chi connectivity index (χ0v) is 24.8. The van der Waals surface area contributed by atoms with Crippen LogP contribution in [0.3, 0.4) is 0 Å². The number of piperidine rings is 1. The van der Waals surface area contributed by atoms with Crippen molar-refractivity contribution in [3.63, 3.8) is 0 Å². The fourth-order valence-electron chi connectivity index (χ4n) is 5.70. The highest BCUT2D eigenvalue weighted by atomic mass is 32.1. The number of rotatable bonds is 7. The van der Waals surface area contributed by atoms with Crippen LogP contribution < -0.4 is 20.3 Å². The number of carbonyl (C=O) groups excluding carboxylic acids is 3. The SMILES string of the molecule is N#CC(=CC1CC1)C(=O)N1CCCC(NC(=O)c2sc3nccc4c3c2NC(=O)N4c2ccc(Oc3ccccc3)cc2F)C1. The number of pyridine rings is 1. The molecule has 10 nitrogen and oxygen atoms in total. The van der Waals surface area contributed by atoms with Crippen LogP contribution in [-0.4, -0.2) is 46.9 Å². The maximum atomic E-state index is 15.5. The number of urea groups is 1. The standard InChI is InChI=1S/C33H27FN6O4S/c34-24-16-23(44-22-6-2-1-3-7-22)10-11-25(24)40-26-12-13-36-31-27(26)28(38-33(40)43)29(45-31)30(41)37-21-5-4-14-39(18-21)32(42)20(17-35)15-19-8-9-19/h1-3,6-7,10-13,15-16,19,21H,4-5,8-9,14,18H2,(H,37,41)(H,38,43). The van der Waals surface area contributed by atoms with Crippen molar-refractivity contribution in [2.75, 3.05) is 23.3 Å². The van der Waals surface area contributed by atoms with E-state index in [0.717, 1.165) is 24.2 Å². The molecule has 1 saturated heterocycles. The number of benzene rings is 2. The lowest BCUT2D eigenvalue weighted by Gasteiger charge is -2.33. The lowest BCUT2D eigenvalue weighted by molar-refractivity contribution is -0.128. The molecule has 4 amide bonds. The third-order valence-electron chi connectivity index (χ3n) is 8.01. The van der Waals surface area contributed by atoms with E-state index in [1.165, 1.54) is 23.2 Å². The van der Waals surface area contributed by atoms with Crippen LogP contribution in [0.5, 0.6) is 11.5 Å². The van der Waals surface area contributed by atoms with E-state index in [9.17, 15) is 19.6 Å². The molecule has 2 aliphatic heterocycles. The third kappa shape index (κ3) is 5.58. The summed E-state index contributed by atoms with van der Waals surface area (Å²) in [6.07, 6.45) is 6.59. The molecule has 0 radical (unpaired) electrons. The molecular weight excluding hydrogens is 595 g/mol. The van der Waals surface area contributed by atoms with Gasteiger partial charge in [0.25, 0.3) is 11.8 Å². The Balaban J connectivity index is 1.12. The van der Waals surface area contributed by atoms with Crippen molar-refractivity contribution in [2.24, 2.45) is 5.92 Å². The molecule has 0 bridgehead atoms. The molecule has 4 heterocycles. The van der Waals surface area contributed by atoms with E-state index in [0.29, 0.717) is 52.6 Å². The van der Waals surface area contributed by atoms with E-state index in [1.807, 2.05) is 24.3 Å². The zero-order valence-electron chi connectivity index (χ0n) is 24.0. The fourth-order valence-corrected chi connectivity index (χ4v) is 6.72. The van der Waals surface area contributed by atoms with E-state index in [2.05, 4.69) is 15.6 Å². The minimum Gasteiger partial charge on any atom is -0.457 e. The van der Waals surface area contributed by atoms with Gasteiger partial charge in [-0.15, -0.1) is 11.3 Å². The minimum atomic E-state index is -0.664.